The van der Waals surface area contributed by atoms with Gasteiger partial charge in [0.25, 0.3) is 0 Å². The Kier molecular flexibility index (Phi) is 3.21. The number of aliphatic hydroxyl groups is 1. The van der Waals surface area contributed by atoms with Gasteiger partial charge in [-0.2, -0.15) is 0 Å². The van der Waals surface area contributed by atoms with Gasteiger partial charge in [-0.05, 0) is 6.92 Å². The number of H-pyrrole nitrogens is 1. The molecule has 0 saturated carbocycles. The van der Waals surface area contributed by atoms with Crippen molar-refractivity contribution < 1.29 is 10.0 Å². The lowest BCUT2D eigenvalue weighted by Gasteiger charge is -1.97. The van der Waals surface area contributed by atoms with Crippen molar-refractivity contribution in [2.24, 2.45) is 0 Å². The monoisotopic (exact) mass is 208 g/mol. The Hall–Kier alpha value is -2.13. The molecule has 0 aliphatic heterocycles. The van der Waals surface area contributed by atoms with Crippen LogP contribution >= 0.6 is 0 Å². The molecule has 0 saturated heterocycles. The zero-order valence-electron chi connectivity index (χ0n) is 7.90. The predicted molar refractivity (Wildman–Crippen MR) is 52.4 cm³/mol. The number of rotatable bonds is 1. The highest BCUT2D eigenvalue weighted by molar-refractivity contribution is 5.49. The van der Waals surface area contributed by atoms with Crippen LogP contribution in [0.1, 0.15) is 11.1 Å². The van der Waals surface area contributed by atoms with Crippen LogP contribution in [-0.4, -0.2) is 21.6 Å². The summed E-state index contributed by atoms with van der Waals surface area (Å²) in [7, 11) is 0. The molecule has 0 spiro atoms. The van der Waals surface area contributed by atoms with Gasteiger partial charge in [-0.25, -0.2) is 0 Å². The third kappa shape index (κ3) is 2.21. The Balaban J connectivity index is 3.41. The molecule has 0 aliphatic rings. The topological polar surface area (TPSA) is 96.2 Å². The van der Waals surface area contributed by atoms with Crippen LogP contribution in [0.15, 0.2) is 11.0 Å². The summed E-state index contributed by atoms with van der Waals surface area (Å²) in [4.78, 5) is 23.1. The number of pyridine rings is 1. The summed E-state index contributed by atoms with van der Waals surface area (Å²) < 4.78 is 0. The van der Waals surface area contributed by atoms with E-state index in [1.54, 1.807) is 0 Å². The number of nitrogens with one attached hydrogen (secondary N) is 1. The van der Waals surface area contributed by atoms with Gasteiger partial charge in [0.15, 0.2) is 0 Å². The van der Waals surface area contributed by atoms with Crippen molar-refractivity contribution in [3.63, 3.8) is 0 Å². The van der Waals surface area contributed by atoms with Crippen molar-refractivity contribution in [3.8, 4) is 11.8 Å². The van der Waals surface area contributed by atoms with Crippen LogP contribution in [0.25, 0.3) is 0 Å². The Labute approximate surface area is 84.7 Å². The van der Waals surface area contributed by atoms with Gasteiger partial charge in [-0.1, -0.05) is 11.8 Å². The van der Waals surface area contributed by atoms with Gasteiger partial charge in [0.1, 0.15) is 6.61 Å². The zero-order chi connectivity index (χ0) is 11.4. The number of aliphatic hydroxyl groups excluding tert-OH is 1. The third-order valence-corrected chi connectivity index (χ3v) is 1.81. The molecule has 0 aromatic carbocycles. The van der Waals surface area contributed by atoms with E-state index in [9.17, 15) is 14.9 Å². The van der Waals surface area contributed by atoms with Crippen molar-refractivity contribution in [2.45, 2.75) is 6.92 Å². The summed E-state index contributed by atoms with van der Waals surface area (Å²) in [5, 5.41) is 19.0. The molecule has 0 amide bonds. The lowest BCUT2D eigenvalue weighted by atomic mass is 10.1. The average molecular weight is 208 g/mol. The van der Waals surface area contributed by atoms with Crippen LogP contribution in [-0.2, 0) is 0 Å². The number of hydrogen-bond acceptors (Lipinski definition) is 4. The minimum atomic E-state index is -0.757. The highest BCUT2D eigenvalue weighted by Crippen LogP contribution is 2.14. The molecule has 0 radical (unpaired) electrons. The Bertz CT molecular complexity index is 507. The van der Waals surface area contributed by atoms with Gasteiger partial charge >= 0.3 is 11.2 Å². The minimum absolute atomic E-state index is 0.199. The lowest BCUT2D eigenvalue weighted by molar-refractivity contribution is -0.386. The van der Waals surface area contributed by atoms with Crippen LogP contribution in [0.5, 0.6) is 0 Å². The lowest BCUT2D eigenvalue weighted by Crippen LogP contribution is -2.13. The van der Waals surface area contributed by atoms with Crippen molar-refractivity contribution in [2.75, 3.05) is 6.61 Å². The summed E-state index contributed by atoms with van der Waals surface area (Å²) in [6.45, 7) is 1.10. The standard InChI is InChI=1S/C9H8N2O4/c1-6-7(3-2-4-12)5-10-9(13)8(6)11(14)15/h5,12H,4H2,1H3,(H,10,13). The number of nitrogens with zero attached hydrogens (tertiary/aromatic N) is 1. The van der Waals surface area contributed by atoms with E-state index in [-0.39, 0.29) is 12.2 Å². The fraction of sp³-hybridized carbons (Fsp3) is 0.222. The molecule has 1 rings (SSSR count). The normalized spacial score (nSPS) is 9.20. The van der Waals surface area contributed by atoms with Crippen molar-refractivity contribution in [1.82, 2.24) is 4.98 Å². The van der Waals surface area contributed by atoms with Gasteiger partial charge in [0.05, 0.1) is 10.5 Å². The van der Waals surface area contributed by atoms with Crippen molar-refractivity contribution >= 4 is 5.69 Å². The molecule has 2 N–H and O–H groups in total. The second-order valence-electron chi connectivity index (χ2n) is 2.72. The summed E-state index contributed by atoms with van der Waals surface area (Å²) in [6, 6.07) is 0. The molecule has 6 heteroatoms. The van der Waals surface area contributed by atoms with Gasteiger partial charge in [-0.15, -0.1) is 0 Å². The molecule has 15 heavy (non-hydrogen) atoms. The smallest absolute Gasteiger partial charge is 0.337 e. The largest absolute Gasteiger partial charge is 0.384 e. The van der Waals surface area contributed by atoms with Gasteiger partial charge in [0.2, 0.25) is 0 Å². The maximum atomic E-state index is 11.1. The van der Waals surface area contributed by atoms with Crippen LogP contribution in [0.2, 0.25) is 0 Å². The van der Waals surface area contributed by atoms with Crippen LogP contribution in [0.4, 0.5) is 5.69 Å². The first-order valence-electron chi connectivity index (χ1n) is 4.04. The van der Waals surface area contributed by atoms with E-state index in [0.29, 0.717) is 5.56 Å². The van der Waals surface area contributed by atoms with E-state index in [4.69, 9.17) is 5.11 Å². The first-order chi connectivity index (χ1) is 7.07. The molecular weight excluding hydrogens is 200 g/mol. The SMILES string of the molecule is Cc1c(C#CCO)c[nH]c(=O)c1[N+](=O)[O-]. The molecular formula is C9H8N2O4. The van der Waals surface area contributed by atoms with Crippen molar-refractivity contribution in [1.29, 1.82) is 0 Å². The first kappa shape index (κ1) is 10.9. The number of hydrogen-bond donors (Lipinski definition) is 2. The summed E-state index contributed by atoms with van der Waals surface area (Å²) in [5.41, 5.74) is -0.744. The van der Waals surface area contributed by atoms with E-state index in [0.717, 1.165) is 0 Å². The van der Waals surface area contributed by atoms with Crippen LogP contribution in [0, 0.1) is 28.9 Å². The molecule has 0 bridgehead atoms. The summed E-state index contributed by atoms with van der Waals surface area (Å²) in [5.74, 6) is 4.86. The van der Waals surface area contributed by atoms with Gasteiger partial charge in [-0.3, -0.25) is 14.9 Å². The third-order valence-electron chi connectivity index (χ3n) is 1.81. The Morgan fingerprint density at radius 3 is 2.87 bits per heavy atom. The maximum Gasteiger partial charge on any atom is 0.337 e. The molecule has 0 atom stereocenters. The summed E-state index contributed by atoms with van der Waals surface area (Å²) in [6.07, 6.45) is 1.29. The molecule has 0 aliphatic carbocycles. The number of aromatic amines is 1. The van der Waals surface area contributed by atoms with E-state index in [2.05, 4.69) is 16.8 Å². The Morgan fingerprint density at radius 1 is 1.67 bits per heavy atom. The fourth-order valence-corrected chi connectivity index (χ4v) is 1.10. The molecule has 1 aromatic rings. The van der Waals surface area contributed by atoms with E-state index in [1.165, 1.54) is 13.1 Å². The average Bonchev–Trinajstić information content (AvgIpc) is 2.16. The number of nitro groups is 1. The maximum absolute atomic E-state index is 11.1. The highest BCUT2D eigenvalue weighted by Gasteiger charge is 2.18. The van der Waals surface area contributed by atoms with Gasteiger partial charge in [0, 0.05) is 11.8 Å². The Morgan fingerprint density at radius 2 is 2.33 bits per heavy atom. The number of aromatic nitrogens is 1. The molecule has 78 valence electrons. The van der Waals surface area contributed by atoms with Gasteiger partial charge < -0.3 is 10.1 Å². The predicted octanol–water partition coefficient (Wildman–Crippen LogP) is -0.0647. The van der Waals surface area contributed by atoms with E-state index in [1.807, 2.05) is 0 Å². The second kappa shape index (κ2) is 4.39. The summed E-state index contributed by atoms with van der Waals surface area (Å²) >= 11 is 0. The van der Waals surface area contributed by atoms with E-state index >= 15 is 0 Å². The minimum Gasteiger partial charge on any atom is -0.384 e. The van der Waals surface area contributed by atoms with Crippen LogP contribution < -0.4 is 5.56 Å². The zero-order valence-corrected chi connectivity index (χ0v) is 7.90. The second-order valence-corrected chi connectivity index (χ2v) is 2.72. The molecule has 6 nitrogen and oxygen atoms in total. The molecule has 0 fully saturated rings. The molecule has 1 heterocycles. The molecule has 0 unspecified atom stereocenters. The van der Waals surface area contributed by atoms with Crippen molar-refractivity contribution in [3.05, 3.63) is 37.8 Å². The van der Waals surface area contributed by atoms with Crippen LogP contribution in [0.3, 0.4) is 0 Å². The highest BCUT2D eigenvalue weighted by atomic mass is 16.6. The first-order valence-corrected chi connectivity index (χ1v) is 4.04. The quantitative estimate of drug-likeness (QED) is 0.383. The molecule has 1 aromatic heterocycles. The fourth-order valence-electron chi connectivity index (χ4n) is 1.10. The van der Waals surface area contributed by atoms with E-state index < -0.39 is 16.2 Å².